The van der Waals surface area contributed by atoms with Crippen LogP contribution in [0.5, 0.6) is 0 Å². The SMILES string of the molecule is COC1(c2ccc(C)c(Cc3ccc(-c4ccc(F)cc4)s3)c2)OC(COC(C)=O)C(O)C(OC(C)=O)C1OC(C)=O. The molecule has 0 bridgehead atoms. The van der Waals surface area contributed by atoms with E-state index in [4.69, 9.17) is 23.7 Å². The van der Waals surface area contributed by atoms with Gasteiger partial charge in [0.2, 0.25) is 5.79 Å². The summed E-state index contributed by atoms with van der Waals surface area (Å²) in [4.78, 5) is 37.9. The van der Waals surface area contributed by atoms with Crippen LogP contribution in [0.2, 0.25) is 0 Å². The molecule has 1 N–H and O–H groups in total. The number of aliphatic hydroxyl groups is 1. The predicted molar refractivity (Wildman–Crippen MR) is 151 cm³/mol. The first-order chi connectivity index (χ1) is 19.9. The number of thiophene rings is 1. The lowest BCUT2D eigenvalue weighted by molar-refractivity contribution is -0.367. The summed E-state index contributed by atoms with van der Waals surface area (Å²) in [5.41, 5.74) is 3.22. The maximum Gasteiger partial charge on any atom is 0.303 e. The molecule has 0 saturated carbocycles. The Hall–Kier alpha value is -3.64. The summed E-state index contributed by atoms with van der Waals surface area (Å²) < 4.78 is 41.7. The van der Waals surface area contributed by atoms with E-state index in [0.717, 1.165) is 33.4 Å². The third-order valence-corrected chi connectivity index (χ3v) is 8.11. The lowest BCUT2D eigenvalue weighted by Crippen LogP contribution is -2.66. The van der Waals surface area contributed by atoms with Crippen molar-refractivity contribution in [1.82, 2.24) is 0 Å². The van der Waals surface area contributed by atoms with Gasteiger partial charge in [-0.1, -0.05) is 24.3 Å². The van der Waals surface area contributed by atoms with Crippen LogP contribution in [-0.2, 0) is 50.3 Å². The van der Waals surface area contributed by atoms with Crippen molar-refractivity contribution in [2.45, 2.75) is 64.3 Å². The number of aryl methyl sites for hydroxylation is 1. The van der Waals surface area contributed by atoms with E-state index in [-0.39, 0.29) is 12.4 Å². The molecule has 9 nitrogen and oxygen atoms in total. The third-order valence-electron chi connectivity index (χ3n) is 6.97. The normalized spacial score (nSPS) is 23.7. The Balaban J connectivity index is 1.75. The van der Waals surface area contributed by atoms with Gasteiger partial charge in [0.25, 0.3) is 0 Å². The van der Waals surface area contributed by atoms with Crippen molar-refractivity contribution in [3.05, 3.63) is 82.0 Å². The number of hydrogen-bond acceptors (Lipinski definition) is 10. The van der Waals surface area contributed by atoms with E-state index >= 15 is 0 Å². The number of ether oxygens (including phenoxy) is 5. The van der Waals surface area contributed by atoms with Gasteiger partial charge in [-0.2, -0.15) is 0 Å². The second-order valence-electron chi connectivity index (χ2n) is 10.0. The highest BCUT2D eigenvalue weighted by Crippen LogP contribution is 2.43. The van der Waals surface area contributed by atoms with Gasteiger partial charge in [-0.05, 0) is 53.9 Å². The van der Waals surface area contributed by atoms with Crippen molar-refractivity contribution >= 4 is 29.2 Å². The van der Waals surface area contributed by atoms with Crippen LogP contribution < -0.4 is 0 Å². The molecule has 0 aliphatic carbocycles. The van der Waals surface area contributed by atoms with Gasteiger partial charge >= 0.3 is 17.9 Å². The summed E-state index contributed by atoms with van der Waals surface area (Å²) in [5, 5.41) is 11.1. The summed E-state index contributed by atoms with van der Waals surface area (Å²) >= 11 is 1.57. The second kappa shape index (κ2) is 13.1. The molecule has 2 aromatic carbocycles. The fourth-order valence-corrected chi connectivity index (χ4v) is 6.01. The van der Waals surface area contributed by atoms with Crippen molar-refractivity contribution in [2.24, 2.45) is 0 Å². The van der Waals surface area contributed by atoms with Crippen LogP contribution in [0.15, 0.2) is 54.6 Å². The molecule has 0 radical (unpaired) electrons. The van der Waals surface area contributed by atoms with Crippen LogP contribution in [0.25, 0.3) is 10.4 Å². The number of methoxy groups -OCH3 is 1. The number of carbonyl (C=O) groups is 3. The Morgan fingerprint density at radius 2 is 1.67 bits per heavy atom. The zero-order valence-corrected chi connectivity index (χ0v) is 24.7. The molecule has 1 aliphatic rings. The molecule has 224 valence electrons. The molecule has 1 fully saturated rings. The van der Waals surface area contributed by atoms with Gasteiger partial charge in [-0.15, -0.1) is 11.3 Å². The zero-order valence-electron chi connectivity index (χ0n) is 23.9. The minimum Gasteiger partial charge on any atom is -0.463 e. The highest BCUT2D eigenvalue weighted by atomic mass is 32.1. The fourth-order valence-electron chi connectivity index (χ4n) is 4.97. The lowest BCUT2D eigenvalue weighted by atomic mass is 9.86. The summed E-state index contributed by atoms with van der Waals surface area (Å²) in [6.07, 6.45) is -4.97. The predicted octanol–water partition coefficient (Wildman–Crippen LogP) is 4.44. The van der Waals surface area contributed by atoms with Gasteiger partial charge in [-0.25, -0.2) is 4.39 Å². The van der Waals surface area contributed by atoms with Crippen LogP contribution in [-0.4, -0.2) is 61.1 Å². The van der Waals surface area contributed by atoms with Crippen molar-refractivity contribution in [2.75, 3.05) is 13.7 Å². The van der Waals surface area contributed by atoms with Crippen LogP contribution in [0, 0.1) is 12.7 Å². The molecule has 2 heterocycles. The van der Waals surface area contributed by atoms with Crippen molar-refractivity contribution in [3.63, 3.8) is 0 Å². The highest BCUT2D eigenvalue weighted by Gasteiger charge is 2.60. The first-order valence-corrected chi connectivity index (χ1v) is 14.1. The minimum absolute atomic E-state index is 0.300. The first kappa shape index (κ1) is 31.3. The number of hydrogen-bond donors (Lipinski definition) is 1. The molecule has 1 aromatic heterocycles. The molecule has 1 saturated heterocycles. The summed E-state index contributed by atoms with van der Waals surface area (Å²) in [6.45, 7) is 5.13. The maximum absolute atomic E-state index is 13.4. The van der Waals surface area contributed by atoms with Gasteiger partial charge in [0.1, 0.15) is 24.6 Å². The Morgan fingerprint density at radius 1 is 0.976 bits per heavy atom. The number of esters is 3. The Kier molecular flexibility index (Phi) is 9.78. The summed E-state index contributed by atoms with van der Waals surface area (Å²) in [6, 6.07) is 15.7. The minimum atomic E-state index is -1.84. The van der Waals surface area contributed by atoms with Crippen molar-refractivity contribution < 1.29 is 47.6 Å². The van der Waals surface area contributed by atoms with Gasteiger partial charge in [0.05, 0.1) is 0 Å². The maximum atomic E-state index is 13.4. The molecule has 1 aliphatic heterocycles. The van der Waals surface area contributed by atoms with E-state index in [9.17, 15) is 23.9 Å². The first-order valence-electron chi connectivity index (χ1n) is 13.3. The van der Waals surface area contributed by atoms with Crippen LogP contribution in [0.1, 0.15) is 42.3 Å². The highest BCUT2D eigenvalue weighted by molar-refractivity contribution is 7.15. The van der Waals surface area contributed by atoms with Crippen molar-refractivity contribution in [1.29, 1.82) is 0 Å². The summed E-state index contributed by atoms with van der Waals surface area (Å²) in [5.74, 6) is -4.19. The van der Waals surface area contributed by atoms with Gasteiger partial charge in [0, 0.05) is 49.6 Å². The van der Waals surface area contributed by atoms with E-state index in [1.54, 1.807) is 29.5 Å². The number of carbonyl (C=O) groups excluding carboxylic acids is 3. The molecule has 3 aromatic rings. The smallest absolute Gasteiger partial charge is 0.303 e. The monoisotopic (exact) mass is 600 g/mol. The van der Waals surface area contributed by atoms with Crippen LogP contribution in [0.4, 0.5) is 4.39 Å². The zero-order chi connectivity index (χ0) is 30.6. The second-order valence-corrected chi connectivity index (χ2v) is 11.2. The molecule has 4 rings (SSSR count). The standard InChI is InChI=1S/C31H33FO9S/c1-17-6-9-23(14-22(17)15-25-12-13-27(42-25)21-7-10-24(32)11-8-21)31(37-5)30(40-20(4)35)29(39-19(3)34)28(36)26(41-31)16-38-18(2)33/h6-14,26,28-30,36H,15-16H2,1-5H3. The molecule has 11 heteroatoms. The van der Waals surface area contributed by atoms with Crippen molar-refractivity contribution in [3.8, 4) is 10.4 Å². The molecule has 42 heavy (non-hydrogen) atoms. The largest absolute Gasteiger partial charge is 0.463 e. The fraction of sp³-hybridized carbons (Fsp3) is 0.387. The molecule has 5 unspecified atom stereocenters. The number of aliphatic hydroxyl groups excluding tert-OH is 1. The van der Waals surface area contributed by atoms with Crippen LogP contribution >= 0.6 is 11.3 Å². The van der Waals surface area contributed by atoms with Gasteiger partial charge in [-0.3, -0.25) is 14.4 Å². The number of halogens is 1. The van der Waals surface area contributed by atoms with E-state index in [0.29, 0.717) is 12.0 Å². The van der Waals surface area contributed by atoms with Gasteiger partial charge in [0.15, 0.2) is 12.2 Å². The van der Waals surface area contributed by atoms with E-state index in [1.807, 2.05) is 31.2 Å². The molecule has 0 amide bonds. The van der Waals surface area contributed by atoms with E-state index in [1.165, 1.54) is 33.1 Å². The van der Waals surface area contributed by atoms with E-state index < -0.39 is 48.1 Å². The Bertz CT molecular complexity index is 1440. The average molecular weight is 601 g/mol. The quantitative estimate of drug-likeness (QED) is 0.281. The lowest BCUT2D eigenvalue weighted by Gasteiger charge is -2.49. The molecular formula is C31H33FO9S. The Labute approximate surface area is 247 Å². The average Bonchev–Trinajstić information content (AvgIpc) is 3.40. The number of rotatable bonds is 9. The number of benzene rings is 2. The third kappa shape index (κ3) is 6.87. The summed E-state index contributed by atoms with van der Waals surface area (Å²) in [7, 11) is 1.34. The van der Waals surface area contributed by atoms with Crippen LogP contribution in [0.3, 0.4) is 0 Å². The molecule has 0 spiro atoms. The Morgan fingerprint density at radius 3 is 2.29 bits per heavy atom. The topological polar surface area (TPSA) is 118 Å². The molecule has 5 atom stereocenters. The molecular weight excluding hydrogens is 567 g/mol. The van der Waals surface area contributed by atoms with Gasteiger partial charge < -0.3 is 28.8 Å². The van der Waals surface area contributed by atoms with E-state index in [2.05, 4.69) is 0 Å².